The first-order valence-corrected chi connectivity index (χ1v) is 6.04. The summed E-state index contributed by atoms with van der Waals surface area (Å²) in [5.74, 6) is 1.02. The maximum atomic E-state index is 9.56. The van der Waals surface area contributed by atoms with E-state index in [2.05, 4.69) is 17.0 Å². The van der Waals surface area contributed by atoms with Gasteiger partial charge in [-0.25, -0.2) is 9.67 Å². The van der Waals surface area contributed by atoms with Crippen molar-refractivity contribution in [1.29, 1.82) is 0 Å². The minimum atomic E-state index is -0.258. The van der Waals surface area contributed by atoms with Crippen LogP contribution in [-0.4, -0.2) is 26.0 Å². The summed E-state index contributed by atoms with van der Waals surface area (Å²) in [5.41, 5.74) is 1.30. The Bertz CT molecular complexity index is 370. The predicted molar refractivity (Wildman–Crippen MR) is 62.0 cm³/mol. The lowest BCUT2D eigenvalue weighted by Crippen LogP contribution is -2.12. The maximum absolute atomic E-state index is 9.56. The van der Waals surface area contributed by atoms with Crippen molar-refractivity contribution in [2.24, 2.45) is 0 Å². The molecule has 0 amide bonds. The predicted octanol–water partition coefficient (Wildman–Crippen LogP) is 1.70. The van der Waals surface area contributed by atoms with Crippen LogP contribution in [0.25, 0.3) is 0 Å². The quantitative estimate of drug-likeness (QED) is 0.787. The molecule has 88 valence electrons. The van der Waals surface area contributed by atoms with Gasteiger partial charge in [-0.15, -0.1) is 0 Å². The first-order valence-electron chi connectivity index (χ1n) is 6.04. The van der Waals surface area contributed by atoms with Crippen LogP contribution in [0.1, 0.15) is 38.4 Å². The van der Waals surface area contributed by atoms with E-state index in [1.165, 1.54) is 5.57 Å². The average Bonchev–Trinajstić information content (AvgIpc) is 2.66. The van der Waals surface area contributed by atoms with Crippen LogP contribution in [0, 0.1) is 0 Å². The Morgan fingerprint density at radius 3 is 3.19 bits per heavy atom. The Morgan fingerprint density at radius 1 is 1.56 bits per heavy atom. The molecule has 0 radical (unpaired) electrons. The van der Waals surface area contributed by atoms with Crippen LogP contribution in [0.15, 0.2) is 18.0 Å². The molecule has 4 nitrogen and oxygen atoms in total. The monoisotopic (exact) mass is 221 g/mol. The molecule has 0 spiro atoms. The van der Waals surface area contributed by atoms with Crippen molar-refractivity contribution >= 4 is 0 Å². The van der Waals surface area contributed by atoms with E-state index in [9.17, 15) is 5.11 Å². The second-order valence-corrected chi connectivity index (χ2v) is 4.36. The van der Waals surface area contributed by atoms with Crippen molar-refractivity contribution in [1.82, 2.24) is 14.8 Å². The van der Waals surface area contributed by atoms with Gasteiger partial charge < -0.3 is 5.11 Å². The lowest BCUT2D eigenvalue weighted by Gasteiger charge is -2.16. The Kier molecular flexibility index (Phi) is 3.72. The zero-order chi connectivity index (χ0) is 11.4. The zero-order valence-electron chi connectivity index (χ0n) is 9.76. The minimum absolute atomic E-state index is 0.258. The minimum Gasteiger partial charge on any atom is -0.389 e. The van der Waals surface area contributed by atoms with Gasteiger partial charge in [0.2, 0.25) is 0 Å². The molecular weight excluding hydrogens is 202 g/mol. The van der Waals surface area contributed by atoms with Crippen LogP contribution in [0.2, 0.25) is 0 Å². The number of aryl methyl sites for hydroxylation is 1. The van der Waals surface area contributed by atoms with Gasteiger partial charge in [-0.1, -0.05) is 18.6 Å². The molecule has 0 saturated carbocycles. The fourth-order valence-electron chi connectivity index (χ4n) is 2.15. The number of aliphatic hydroxyl groups is 1. The maximum Gasteiger partial charge on any atom is 0.138 e. The van der Waals surface area contributed by atoms with Crippen molar-refractivity contribution < 1.29 is 5.11 Å². The number of rotatable bonds is 4. The molecule has 1 N–H and O–H groups in total. The van der Waals surface area contributed by atoms with E-state index in [0.717, 1.165) is 44.5 Å². The zero-order valence-corrected chi connectivity index (χ0v) is 9.76. The molecular formula is C12H19N3O. The molecule has 1 unspecified atom stereocenters. The van der Waals surface area contributed by atoms with E-state index in [4.69, 9.17) is 0 Å². The highest BCUT2D eigenvalue weighted by atomic mass is 16.3. The first-order chi connectivity index (χ1) is 7.79. The van der Waals surface area contributed by atoms with Crippen LogP contribution in [0.4, 0.5) is 0 Å². The lowest BCUT2D eigenvalue weighted by molar-refractivity contribution is 0.201. The van der Waals surface area contributed by atoms with E-state index in [1.807, 2.05) is 10.8 Å². The van der Waals surface area contributed by atoms with Crippen molar-refractivity contribution in [2.75, 3.05) is 0 Å². The molecule has 0 aliphatic heterocycles. The normalized spacial score (nSPS) is 20.9. The summed E-state index contributed by atoms with van der Waals surface area (Å²) in [5, 5.41) is 13.8. The average molecular weight is 221 g/mol. The Morgan fingerprint density at radius 2 is 2.44 bits per heavy atom. The van der Waals surface area contributed by atoms with Crippen molar-refractivity contribution in [3.05, 3.63) is 23.8 Å². The smallest absolute Gasteiger partial charge is 0.138 e. The standard InChI is InChI=1S/C12H19N3O/c1-2-6-15-12(13-9-14-15)8-10-4-3-5-11(16)7-10/h7,9,11,16H,2-6,8H2,1H3. The molecule has 1 aromatic rings. The highest BCUT2D eigenvalue weighted by molar-refractivity contribution is 5.13. The van der Waals surface area contributed by atoms with Gasteiger partial charge in [-0.05, 0) is 25.7 Å². The van der Waals surface area contributed by atoms with Gasteiger partial charge in [-0.2, -0.15) is 5.10 Å². The summed E-state index contributed by atoms with van der Waals surface area (Å²) < 4.78 is 1.96. The molecule has 1 heterocycles. The summed E-state index contributed by atoms with van der Waals surface area (Å²) in [6.45, 7) is 3.06. The van der Waals surface area contributed by atoms with Crippen molar-refractivity contribution in [3.8, 4) is 0 Å². The molecule has 0 saturated heterocycles. The molecule has 16 heavy (non-hydrogen) atoms. The van der Waals surface area contributed by atoms with E-state index < -0.39 is 0 Å². The van der Waals surface area contributed by atoms with Gasteiger partial charge in [0.1, 0.15) is 12.2 Å². The molecule has 1 atom stereocenters. The highest BCUT2D eigenvalue weighted by Gasteiger charge is 2.13. The number of aromatic nitrogens is 3. The van der Waals surface area contributed by atoms with Crippen molar-refractivity contribution in [2.45, 2.75) is 51.7 Å². The summed E-state index contributed by atoms with van der Waals surface area (Å²) in [6, 6.07) is 0. The van der Waals surface area contributed by atoms with Gasteiger partial charge in [-0.3, -0.25) is 0 Å². The third-order valence-electron chi connectivity index (χ3n) is 2.94. The van der Waals surface area contributed by atoms with E-state index >= 15 is 0 Å². The van der Waals surface area contributed by atoms with Gasteiger partial charge in [0.15, 0.2) is 0 Å². The number of nitrogens with zero attached hydrogens (tertiary/aromatic N) is 3. The molecule has 0 bridgehead atoms. The SMILES string of the molecule is CCCn1ncnc1CC1=CC(O)CCC1. The number of hydrogen-bond acceptors (Lipinski definition) is 3. The number of hydrogen-bond donors (Lipinski definition) is 1. The van der Waals surface area contributed by atoms with Crippen LogP contribution in [-0.2, 0) is 13.0 Å². The molecule has 2 rings (SSSR count). The van der Waals surface area contributed by atoms with Crippen LogP contribution >= 0.6 is 0 Å². The molecule has 1 aliphatic rings. The molecule has 1 aliphatic carbocycles. The first kappa shape index (κ1) is 11.3. The molecule has 0 aromatic carbocycles. The van der Waals surface area contributed by atoms with Gasteiger partial charge in [0, 0.05) is 13.0 Å². The molecule has 4 heteroatoms. The van der Waals surface area contributed by atoms with Crippen LogP contribution < -0.4 is 0 Å². The van der Waals surface area contributed by atoms with Crippen LogP contribution in [0.5, 0.6) is 0 Å². The van der Waals surface area contributed by atoms with Gasteiger partial charge in [0.25, 0.3) is 0 Å². The largest absolute Gasteiger partial charge is 0.389 e. The highest BCUT2D eigenvalue weighted by Crippen LogP contribution is 2.20. The number of allylic oxidation sites excluding steroid dienone is 1. The van der Waals surface area contributed by atoms with Crippen LogP contribution in [0.3, 0.4) is 0 Å². The second-order valence-electron chi connectivity index (χ2n) is 4.36. The Labute approximate surface area is 96.0 Å². The van der Waals surface area contributed by atoms with E-state index in [0.29, 0.717) is 0 Å². The van der Waals surface area contributed by atoms with E-state index in [-0.39, 0.29) is 6.10 Å². The summed E-state index contributed by atoms with van der Waals surface area (Å²) in [6.07, 6.45) is 8.29. The molecule has 1 aromatic heterocycles. The molecule has 0 fully saturated rings. The lowest BCUT2D eigenvalue weighted by atomic mass is 9.95. The van der Waals surface area contributed by atoms with E-state index in [1.54, 1.807) is 6.33 Å². The fraction of sp³-hybridized carbons (Fsp3) is 0.667. The third kappa shape index (κ3) is 2.70. The number of aliphatic hydroxyl groups excluding tert-OH is 1. The summed E-state index contributed by atoms with van der Waals surface area (Å²) in [4.78, 5) is 4.28. The summed E-state index contributed by atoms with van der Waals surface area (Å²) >= 11 is 0. The topological polar surface area (TPSA) is 50.9 Å². The fourth-order valence-corrected chi connectivity index (χ4v) is 2.15. The second kappa shape index (κ2) is 5.25. The Hall–Kier alpha value is -1.16. The van der Waals surface area contributed by atoms with Gasteiger partial charge in [0.05, 0.1) is 6.10 Å². The van der Waals surface area contributed by atoms with Crippen molar-refractivity contribution in [3.63, 3.8) is 0 Å². The third-order valence-corrected chi connectivity index (χ3v) is 2.94. The van der Waals surface area contributed by atoms with Gasteiger partial charge >= 0.3 is 0 Å². The summed E-state index contributed by atoms with van der Waals surface area (Å²) in [7, 11) is 0. The Balaban J connectivity index is 2.05.